The van der Waals surface area contributed by atoms with Crippen LogP contribution in [0.5, 0.6) is 11.5 Å². The molecule has 0 atom stereocenters. The Balaban J connectivity index is 1.84. The molecule has 0 heterocycles. The van der Waals surface area contributed by atoms with Gasteiger partial charge < -0.3 is 20.1 Å². The van der Waals surface area contributed by atoms with E-state index < -0.39 is 9.84 Å². The Bertz CT molecular complexity index is 915. The molecule has 0 unspecified atom stereocenters. The molecule has 0 bridgehead atoms. The first kappa shape index (κ1) is 23.5. The van der Waals surface area contributed by atoms with Gasteiger partial charge in [-0.2, -0.15) is 0 Å². The first-order valence-corrected chi connectivity index (χ1v) is 11.7. The van der Waals surface area contributed by atoms with Crippen molar-refractivity contribution in [1.82, 2.24) is 10.6 Å². The summed E-state index contributed by atoms with van der Waals surface area (Å²) >= 11 is 0. The van der Waals surface area contributed by atoms with Crippen LogP contribution in [0.1, 0.15) is 18.9 Å². The summed E-state index contributed by atoms with van der Waals surface area (Å²) in [5.41, 5.74) is 1.12. The Kier molecular flexibility index (Phi) is 9.47. The van der Waals surface area contributed by atoms with E-state index in [0.717, 1.165) is 18.5 Å². The zero-order valence-electron chi connectivity index (χ0n) is 17.8. The van der Waals surface area contributed by atoms with Gasteiger partial charge in [0.2, 0.25) is 0 Å². The number of ether oxygens (including phenoxy) is 2. The monoisotopic (exact) mass is 433 g/mol. The molecule has 164 valence electrons. The van der Waals surface area contributed by atoms with Gasteiger partial charge in [-0.15, -0.1) is 0 Å². The smallest absolute Gasteiger partial charge is 0.191 e. The third-order valence-electron chi connectivity index (χ3n) is 4.44. The highest BCUT2D eigenvalue weighted by atomic mass is 32.2. The van der Waals surface area contributed by atoms with E-state index in [9.17, 15) is 8.42 Å². The largest absolute Gasteiger partial charge is 0.493 e. The van der Waals surface area contributed by atoms with Crippen molar-refractivity contribution in [2.24, 2.45) is 4.99 Å². The highest BCUT2D eigenvalue weighted by Crippen LogP contribution is 2.27. The minimum absolute atomic E-state index is 0.0750. The van der Waals surface area contributed by atoms with E-state index in [0.29, 0.717) is 41.9 Å². The quantitative estimate of drug-likeness (QED) is 0.322. The second-order valence-electron chi connectivity index (χ2n) is 6.61. The van der Waals surface area contributed by atoms with Crippen molar-refractivity contribution < 1.29 is 17.9 Å². The highest BCUT2D eigenvalue weighted by Gasteiger charge is 2.13. The minimum atomic E-state index is -3.27. The summed E-state index contributed by atoms with van der Waals surface area (Å²) < 4.78 is 35.3. The van der Waals surface area contributed by atoms with Crippen LogP contribution in [0.3, 0.4) is 0 Å². The van der Waals surface area contributed by atoms with Gasteiger partial charge in [0.05, 0.1) is 24.9 Å². The summed E-state index contributed by atoms with van der Waals surface area (Å²) in [6.45, 7) is 3.83. The van der Waals surface area contributed by atoms with Crippen molar-refractivity contribution in [3.63, 3.8) is 0 Å². The Labute approximate surface area is 179 Å². The van der Waals surface area contributed by atoms with Gasteiger partial charge in [0.15, 0.2) is 27.3 Å². The van der Waals surface area contributed by atoms with Gasteiger partial charge in [-0.1, -0.05) is 24.3 Å². The van der Waals surface area contributed by atoms with E-state index in [4.69, 9.17) is 9.47 Å². The average molecular weight is 434 g/mol. The molecule has 0 aliphatic carbocycles. The maximum Gasteiger partial charge on any atom is 0.191 e. The van der Waals surface area contributed by atoms with E-state index in [1.807, 2.05) is 25.1 Å². The standard InChI is InChI=1S/C22H31N3O4S/c1-4-23-22(24-14-8-16-30(26,27)19-9-6-5-7-10-19)25-15-13-18-11-12-20(28-2)21(17-18)29-3/h5-7,9-12,17H,4,8,13-16H2,1-3H3,(H2,23,24,25). The lowest BCUT2D eigenvalue weighted by Gasteiger charge is -2.13. The molecule has 0 amide bonds. The molecule has 0 aromatic heterocycles. The van der Waals surface area contributed by atoms with Crippen molar-refractivity contribution >= 4 is 15.8 Å². The van der Waals surface area contributed by atoms with E-state index in [-0.39, 0.29) is 5.75 Å². The zero-order valence-corrected chi connectivity index (χ0v) is 18.7. The number of rotatable bonds is 11. The molecule has 0 aliphatic rings. The predicted molar refractivity (Wildman–Crippen MR) is 120 cm³/mol. The third kappa shape index (κ3) is 7.26. The number of hydrogen-bond donors (Lipinski definition) is 2. The highest BCUT2D eigenvalue weighted by molar-refractivity contribution is 7.91. The number of hydrogen-bond acceptors (Lipinski definition) is 5. The summed E-state index contributed by atoms with van der Waals surface area (Å²) in [4.78, 5) is 4.84. The van der Waals surface area contributed by atoms with Crippen LogP contribution in [-0.4, -0.2) is 54.0 Å². The van der Waals surface area contributed by atoms with Crippen LogP contribution in [-0.2, 0) is 16.3 Å². The number of nitrogens with zero attached hydrogens (tertiary/aromatic N) is 1. The van der Waals surface area contributed by atoms with Gasteiger partial charge in [0, 0.05) is 19.6 Å². The molecule has 2 rings (SSSR count). The Hall–Kier alpha value is -2.74. The van der Waals surface area contributed by atoms with E-state index in [1.165, 1.54) is 0 Å². The second-order valence-corrected chi connectivity index (χ2v) is 8.72. The van der Waals surface area contributed by atoms with E-state index in [2.05, 4.69) is 15.6 Å². The summed E-state index contributed by atoms with van der Waals surface area (Å²) in [5, 5.41) is 6.47. The molecular weight excluding hydrogens is 402 g/mol. The number of guanidine groups is 1. The minimum Gasteiger partial charge on any atom is -0.493 e. The lowest BCUT2D eigenvalue weighted by atomic mass is 10.1. The Morgan fingerprint density at radius 3 is 2.40 bits per heavy atom. The molecule has 2 aromatic carbocycles. The lowest BCUT2D eigenvalue weighted by Crippen LogP contribution is -2.38. The first-order chi connectivity index (χ1) is 14.5. The van der Waals surface area contributed by atoms with Gasteiger partial charge in [-0.25, -0.2) is 8.42 Å². The van der Waals surface area contributed by atoms with Crippen molar-refractivity contribution in [3.8, 4) is 11.5 Å². The van der Waals surface area contributed by atoms with Crippen LogP contribution in [0.15, 0.2) is 58.4 Å². The summed E-state index contributed by atoms with van der Waals surface area (Å²) in [5.74, 6) is 2.16. The number of benzene rings is 2. The zero-order chi connectivity index (χ0) is 21.8. The molecule has 2 N–H and O–H groups in total. The lowest BCUT2D eigenvalue weighted by molar-refractivity contribution is 0.354. The van der Waals surface area contributed by atoms with Gasteiger partial charge in [0.1, 0.15) is 0 Å². The van der Waals surface area contributed by atoms with E-state index >= 15 is 0 Å². The Morgan fingerprint density at radius 1 is 1.00 bits per heavy atom. The molecule has 0 radical (unpaired) electrons. The molecule has 2 aromatic rings. The maximum atomic E-state index is 12.3. The summed E-state index contributed by atoms with van der Waals surface area (Å²) in [6.07, 6.45) is 1.25. The molecule has 0 spiro atoms. The molecule has 30 heavy (non-hydrogen) atoms. The maximum absolute atomic E-state index is 12.3. The number of sulfone groups is 1. The van der Waals surface area contributed by atoms with Crippen LogP contribution < -0.4 is 20.1 Å². The van der Waals surface area contributed by atoms with Crippen LogP contribution in [0.4, 0.5) is 0 Å². The van der Waals surface area contributed by atoms with Crippen molar-refractivity contribution in [2.75, 3.05) is 39.6 Å². The summed E-state index contributed by atoms with van der Waals surface area (Å²) in [7, 11) is -0.0348. The Morgan fingerprint density at radius 2 is 1.73 bits per heavy atom. The fraction of sp³-hybridized carbons (Fsp3) is 0.409. The van der Waals surface area contributed by atoms with Crippen molar-refractivity contribution in [3.05, 3.63) is 54.1 Å². The average Bonchev–Trinajstić information content (AvgIpc) is 2.77. The normalized spacial score (nSPS) is 11.8. The molecule has 8 heteroatoms. The van der Waals surface area contributed by atoms with Crippen molar-refractivity contribution in [2.45, 2.75) is 24.7 Å². The molecule has 7 nitrogen and oxygen atoms in total. The summed E-state index contributed by atoms with van der Waals surface area (Å²) in [6, 6.07) is 14.4. The molecular formula is C22H31N3O4S. The third-order valence-corrected chi connectivity index (χ3v) is 6.26. The first-order valence-electron chi connectivity index (χ1n) is 10.0. The molecule has 0 aliphatic heterocycles. The van der Waals surface area contributed by atoms with E-state index in [1.54, 1.807) is 44.6 Å². The number of nitrogens with one attached hydrogen (secondary N) is 2. The molecule has 0 fully saturated rings. The SMILES string of the molecule is CCNC(=NCCCS(=O)(=O)c1ccccc1)NCCc1ccc(OC)c(OC)c1. The van der Waals surface area contributed by atoms with Crippen LogP contribution in [0.25, 0.3) is 0 Å². The topological polar surface area (TPSA) is 89.0 Å². The van der Waals surface area contributed by atoms with Crippen LogP contribution >= 0.6 is 0 Å². The number of methoxy groups -OCH3 is 2. The predicted octanol–water partition coefficient (Wildman–Crippen LogP) is 2.67. The van der Waals surface area contributed by atoms with Crippen LogP contribution in [0, 0.1) is 0 Å². The van der Waals surface area contributed by atoms with Gasteiger partial charge >= 0.3 is 0 Å². The van der Waals surface area contributed by atoms with Gasteiger partial charge in [0.25, 0.3) is 0 Å². The molecule has 0 saturated carbocycles. The number of aliphatic imine (C=N–C) groups is 1. The fourth-order valence-electron chi connectivity index (χ4n) is 2.89. The van der Waals surface area contributed by atoms with Gasteiger partial charge in [-0.05, 0) is 49.6 Å². The van der Waals surface area contributed by atoms with Crippen LogP contribution in [0.2, 0.25) is 0 Å². The molecule has 0 saturated heterocycles. The second kappa shape index (κ2) is 12.1. The van der Waals surface area contributed by atoms with Gasteiger partial charge in [-0.3, -0.25) is 4.99 Å². The fourth-order valence-corrected chi connectivity index (χ4v) is 4.21. The van der Waals surface area contributed by atoms with Crippen molar-refractivity contribution in [1.29, 1.82) is 0 Å².